The first-order valence-electron chi connectivity index (χ1n) is 5.40. The van der Waals surface area contributed by atoms with Crippen LogP contribution in [-0.2, 0) is 20.3 Å². The Morgan fingerprint density at radius 1 is 0.850 bits per heavy atom. The van der Waals surface area contributed by atoms with Gasteiger partial charge < -0.3 is 0 Å². The Kier molecular flexibility index (Phi) is 4.79. The van der Waals surface area contributed by atoms with E-state index in [1.807, 2.05) is 0 Å². The molecule has 1 aromatic rings. The summed E-state index contributed by atoms with van der Waals surface area (Å²) >= 11 is 1.23. The van der Waals surface area contributed by atoms with E-state index >= 15 is 0 Å². The molecule has 1 aliphatic carbocycles. The summed E-state index contributed by atoms with van der Waals surface area (Å²) in [5.74, 6) is 0. The summed E-state index contributed by atoms with van der Waals surface area (Å²) < 4.78 is 59.2. The van der Waals surface area contributed by atoms with Crippen LogP contribution >= 0.6 is 7.81 Å². The summed E-state index contributed by atoms with van der Waals surface area (Å²) in [5, 5.41) is 1.18. The Labute approximate surface area is 119 Å². The number of allylic oxidation sites excluding steroid dienone is 4. The Balaban J connectivity index is 0.000000246. The molecule has 0 radical (unpaired) electrons. The zero-order chi connectivity index (χ0) is 15.3. The monoisotopic (exact) mass is 357 g/mol. The normalized spacial score (nSPS) is 18.1. The molecule has 20 heavy (non-hydrogen) atoms. The van der Waals surface area contributed by atoms with Crippen molar-refractivity contribution in [2.24, 2.45) is 0 Å². The van der Waals surface area contributed by atoms with Gasteiger partial charge in [0.05, 0.1) is 0 Å². The summed E-state index contributed by atoms with van der Waals surface area (Å²) in [7, 11) is -10.7. The molecular weight excluding hydrogens is 345 g/mol. The van der Waals surface area contributed by atoms with Crippen molar-refractivity contribution in [3.05, 3.63) is 60.2 Å². The quantitative estimate of drug-likeness (QED) is 0.326. The van der Waals surface area contributed by atoms with Crippen LogP contribution < -0.4 is 0 Å². The van der Waals surface area contributed by atoms with Gasteiger partial charge in [-0.15, -0.1) is 0 Å². The first-order valence-corrected chi connectivity index (χ1v) is 8.85. The van der Waals surface area contributed by atoms with Crippen molar-refractivity contribution in [1.82, 2.24) is 0 Å². The van der Waals surface area contributed by atoms with E-state index < -0.39 is 7.81 Å². The van der Waals surface area contributed by atoms with Gasteiger partial charge in [-0.2, -0.15) is 0 Å². The van der Waals surface area contributed by atoms with Gasteiger partial charge in [-0.1, -0.05) is 0 Å². The molecule has 0 saturated heterocycles. The summed E-state index contributed by atoms with van der Waals surface area (Å²) in [6, 6.07) is 10.7. The summed E-state index contributed by atoms with van der Waals surface area (Å²) in [6.45, 7) is 0. The molecule has 0 heterocycles. The Morgan fingerprint density at radius 2 is 1.30 bits per heavy atom. The fraction of sp³-hybridized carbons (Fsp3) is 0.167. The molecule has 115 valence electrons. The predicted octanol–water partition coefficient (Wildman–Crippen LogP) is 6.57. The molecule has 0 aromatic heterocycles. The standard InChI is InChI=1S/C7H7.C5H5.F6P.Fe/c1-7-5-3-2-4-6-7;1-2-4-5-3-1;1-7(2,3,4,5)6;/h2-6H,1H2;1-5H;;/q;;-1;+1. The number of hydrogen-bond acceptors (Lipinski definition) is 0. The maximum absolute atomic E-state index is 10.7. The van der Waals surface area contributed by atoms with Crippen LogP contribution in [0.15, 0.2) is 54.6 Å². The van der Waals surface area contributed by atoms with Gasteiger partial charge in [-0.25, -0.2) is 0 Å². The van der Waals surface area contributed by atoms with Crippen molar-refractivity contribution >= 4 is 7.81 Å². The molecule has 0 atom stereocenters. The average molecular weight is 357 g/mol. The second kappa shape index (κ2) is 5.55. The third kappa shape index (κ3) is 12.3. The van der Waals surface area contributed by atoms with Crippen molar-refractivity contribution < 1.29 is 40.1 Å². The van der Waals surface area contributed by atoms with E-state index in [1.165, 1.54) is 25.8 Å². The third-order valence-electron chi connectivity index (χ3n) is 1.92. The van der Waals surface area contributed by atoms with Crippen LogP contribution in [0.3, 0.4) is 0 Å². The topological polar surface area (TPSA) is 0 Å². The molecular formula is C12H12F6FeP. The minimum atomic E-state index is -10.7. The first kappa shape index (κ1) is 17.3. The van der Waals surface area contributed by atoms with E-state index in [2.05, 4.69) is 54.6 Å². The van der Waals surface area contributed by atoms with Crippen LogP contribution in [0.2, 0.25) is 4.82 Å². The molecule has 0 saturated carbocycles. The van der Waals surface area contributed by atoms with Gasteiger partial charge in [0, 0.05) is 0 Å². The fourth-order valence-corrected chi connectivity index (χ4v) is 2.55. The van der Waals surface area contributed by atoms with E-state index in [0.717, 1.165) is 0 Å². The molecule has 0 nitrogen and oxygen atoms in total. The van der Waals surface area contributed by atoms with Crippen LogP contribution in [0.1, 0.15) is 5.56 Å². The third-order valence-corrected chi connectivity index (χ3v) is 3.54. The molecule has 0 fully saturated rings. The van der Waals surface area contributed by atoms with Crippen molar-refractivity contribution in [2.75, 3.05) is 0 Å². The van der Waals surface area contributed by atoms with E-state index in [-0.39, 0.29) is 0 Å². The van der Waals surface area contributed by atoms with Crippen LogP contribution in [0.25, 0.3) is 0 Å². The number of halogens is 6. The molecule has 2 rings (SSSR count). The zero-order valence-corrected chi connectivity index (χ0v) is 12.0. The van der Waals surface area contributed by atoms with Crippen molar-refractivity contribution in [2.45, 2.75) is 10.1 Å². The van der Waals surface area contributed by atoms with Gasteiger partial charge in [-0.3, -0.25) is 0 Å². The van der Waals surface area contributed by atoms with Gasteiger partial charge in [0.1, 0.15) is 0 Å². The van der Waals surface area contributed by atoms with Crippen molar-refractivity contribution in [3.63, 3.8) is 0 Å². The molecule has 0 unspecified atom stereocenters. The van der Waals surface area contributed by atoms with Crippen LogP contribution in [0.4, 0.5) is 25.2 Å². The number of benzene rings is 1. The molecule has 1 aliphatic rings. The molecule has 0 amide bonds. The van der Waals surface area contributed by atoms with E-state index in [1.54, 1.807) is 0 Å². The van der Waals surface area contributed by atoms with Gasteiger partial charge in [0.15, 0.2) is 0 Å². The van der Waals surface area contributed by atoms with Crippen molar-refractivity contribution in [3.8, 4) is 0 Å². The average Bonchev–Trinajstić information content (AvgIpc) is 2.76. The van der Waals surface area contributed by atoms with Crippen LogP contribution in [-0.4, -0.2) is 0 Å². The van der Waals surface area contributed by atoms with Crippen molar-refractivity contribution in [1.29, 1.82) is 0 Å². The Bertz CT molecular complexity index is 467. The van der Waals surface area contributed by atoms with E-state index in [9.17, 15) is 25.2 Å². The fourth-order valence-electron chi connectivity index (χ4n) is 1.22. The second-order valence-corrected chi connectivity index (χ2v) is 7.41. The summed E-state index contributed by atoms with van der Waals surface area (Å²) in [4.78, 5) is 0.667. The molecule has 0 N–H and O–H groups in total. The van der Waals surface area contributed by atoms with Gasteiger partial charge >= 0.3 is 118 Å². The first-order chi connectivity index (χ1) is 8.90. The van der Waals surface area contributed by atoms with E-state index in [4.69, 9.17) is 0 Å². The SMILES string of the molecule is C1=C[CH]([Fe+][CH2]c2ccccc2)C=C1.F[P-](F)(F)(F)(F)F. The second-order valence-electron chi connectivity index (χ2n) is 3.91. The maximum atomic E-state index is 9.87. The Hall–Kier alpha value is -0.771. The Morgan fingerprint density at radius 3 is 1.75 bits per heavy atom. The summed E-state index contributed by atoms with van der Waals surface area (Å²) in [6.07, 6.45) is 8.80. The van der Waals surface area contributed by atoms with Gasteiger partial charge in [0.2, 0.25) is 0 Å². The van der Waals surface area contributed by atoms with Gasteiger partial charge in [0.25, 0.3) is 0 Å². The molecule has 0 spiro atoms. The van der Waals surface area contributed by atoms with E-state index in [0.29, 0.717) is 4.82 Å². The van der Waals surface area contributed by atoms with Gasteiger partial charge in [-0.05, 0) is 0 Å². The van der Waals surface area contributed by atoms with Crippen LogP contribution in [0.5, 0.6) is 0 Å². The number of hydrogen-bond donors (Lipinski definition) is 0. The zero-order valence-electron chi connectivity index (χ0n) is 10.0. The molecule has 0 bridgehead atoms. The minimum absolute atomic E-state index is 0.667. The predicted molar refractivity (Wildman–Crippen MR) is 65.7 cm³/mol. The molecule has 8 heteroatoms. The summed E-state index contributed by atoms with van der Waals surface area (Å²) in [5.41, 5.74) is 1.44. The van der Waals surface area contributed by atoms with Crippen LogP contribution in [0, 0.1) is 0 Å². The molecule has 1 aromatic carbocycles. The number of rotatable bonds is 3. The molecule has 0 aliphatic heterocycles.